The van der Waals surface area contributed by atoms with Crippen LogP contribution in [0, 0.1) is 20.8 Å². The van der Waals surface area contributed by atoms with Crippen molar-refractivity contribution in [3.05, 3.63) is 28.8 Å². The summed E-state index contributed by atoms with van der Waals surface area (Å²) in [6.07, 6.45) is 15.9. The topological polar surface area (TPSA) is 6.48 Å². The van der Waals surface area contributed by atoms with Gasteiger partial charge in [-0.05, 0) is 44.7 Å². The molecule has 1 heterocycles. The molecule has 1 saturated heterocycles. The molecular weight excluding hydrogens is 316 g/mol. The summed E-state index contributed by atoms with van der Waals surface area (Å²) < 4.78 is 0. The molecule has 0 N–H and O–H groups in total. The van der Waals surface area contributed by atoms with Crippen LogP contribution in [0.25, 0.3) is 0 Å². The number of nitrogens with zero attached hydrogens (tertiary/aromatic N) is 2. The molecular formula is C24H40N2. The van der Waals surface area contributed by atoms with E-state index in [9.17, 15) is 0 Å². The number of hydrogen-bond acceptors (Lipinski definition) is 2. The zero-order valence-corrected chi connectivity index (χ0v) is 17.5. The van der Waals surface area contributed by atoms with E-state index >= 15 is 0 Å². The normalized spacial score (nSPS) is 22.2. The first-order valence-corrected chi connectivity index (χ1v) is 11.2. The minimum absolute atomic E-state index is 0.811. The van der Waals surface area contributed by atoms with Crippen molar-refractivity contribution in [1.82, 2.24) is 4.90 Å². The van der Waals surface area contributed by atoms with Gasteiger partial charge in [0.1, 0.15) is 0 Å². The zero-order valence-electron chi connectivity index (χ0n) is 17.5. The van der Waals surface area contributed by atoms with Gasteiger partial charge in [-0.15, -0.1) is 0 Å². The average molecular weight is 357 g/mol. The summed E-state index contributed by atoms with van der Waals surface area (Å²) >= 11 is 0. The maximum Gasteiger partial charge on any atom is 0.0710 e. The molecule has 1 saturated carbocycles. The minimum Gasteiger partial charge on any atom is -0.357 e. The fourth-order valence-corrected chi connectivity index (χ4v) is 5.27. The largest absolute Gasteiger partial charge is 0.357 e. The van der Waals surface area contributed by atoms with Gasteiger partial charge in [-0.2, -0.15) is 0 Å². The first-order valence-electron chi connectivity index (χ1n) is 11.2. The van der Waals surface area contributed by atoms with E-state index in [0.29, 0.717) is 0 Å². The molecule has 3 rings (SSSR count). The second-order valence-electron chi connectivity index (χ2n) is 8.88. The molecule has 0 radical (unpaired) electrons. The van der Waals surface area contributed by atoms with E-state index in [-0.39, 0.29) is 0 Å². The SMILES string of the molecule is Cc1cc(C)c(N2CCN(C3CCCCCCCCCCC3)C2)c(C)c1. The molecule has 26 heavy (non-hydrogen) atoms. The van der Waals surface area contributed by atoms with E-state index in [0.717, 1.165) is 12.7 Å². The van der Waals surface area contributed by atoms with Crippen LogP contribution in [-0.4, -0.2) is 30.7 Å². The van der Waals surface area contributed by atoms with Crippen molar-refractivity contribution in [3.8, 4) is 0 Å². The molecule has 146 valence electrons. The summed E-state index contributed by atoms with van der Waals surface area (Å²) in [4.78, 5) is 5.44. The highest BCUT2D eigenvalue weighted by Gasteiger charge is 2.27. The highest BCUT2D eigenvalue weighted by molar-refractivity contribution is 5.60. The molecule has 1 aliphatic carbocycles. The molecule has 2 fully saturated rings. The molecule has 0 atom stereocenters. The second-order valence-corrected chi connectivity index (χ2v) is 8.88. The van der Waals surface area contributed by atoms with E-state index in [2.05, 4.69) is 42.7 Å². The molecule has 2 aliphatic rings. The molecule has 1 aromatic carbocycles. The Kier molecular flexibility index (Phi) is 7.42. The Bertz CT molecular complexity index is 530. The third-order valence-corrected chi connectivity index (χ3v) is 6.55. The van der Waals surface area contributed by atoms with Crippen molar-refractivity contribution < 1.29 is 0 Å². The van der Waals surface area contributed by atoms with E-state index < -0.39 is 0 Å². The van der Waals surface area contributed by atoms with Crippen LogP contribution < -0.4 is 4.90 Å². The van der Waals surface area contributed by atoms with Gasteiger partial charge in [-0.1, -0.05) is 75.5 Å². The van der Waals surface area contributed by atoms with Crippen molar-refractivity contribution in [3.63, 3.8) is 0 Å². The molecule has 2 heteroatoms. The van der Waals surface area contributed by atoms with Crippen LogP contribution >= 0.6 is 0 Å². The van der Waals surface area contributed by atoms with E-state index in [1.807, 2.05) is 0 Å². The lowest BCUT2D eigenvalue weighted by atomic mass is 9.97. The van der Waals surface area contributed by atoms with Crippen molar-refractivity contribution in [2.24, 2.45) is 0 Å². The smallest absolute Gasteiger partial charge is 0.0710 e. The van der Waals surface area contributed by atoms with E-state index in [1.54, 1.807) is 0 Å². The molecule has 0 unspecified atom stereocenters. The molecule has 1 aliphatic heterocycles. The monoisotopic (exact) mass is 356 g/mol. The molecule has 2 nitrogen and oxygen atoms in total. The molecule has 0 spiro atoms. The summed E-state index contributed by atoms with van der Waals surface area (Å²) in [6.45, 7) is 10.4. The molecule has 0 bridgehead atoms. The lowest BCUT2D eigenvalue weighted by molar-refractivity contribution is 0.210. The second kappa shape index (κ2) is 9.78. The van der Waals surface area contributed by atoms with Crippen LogP contribution in [-0.2, 0) is 0 Å². The molecule has 0 aromatic heterocycles. The van der Waals surface area contributed by atoms with Gasteiger partial charge in [-0.3, -0.25) is 4.90 Å². The van der Waals surface area contributed by atoms with Crippen LogP contribution in [0.1, 0.15) is 87.3 Å². The lowest BCUT2D eigenvalue weighted by Crippen LogP contribution is -2.35. The fraction of sp³-hybridized carbons (Fsp3) is 0.750. The summed E-state index contributed by atoms with van der Waals surface area (Å²) in [5.41, 5.74) is 5.77. The average Bonchev–Trinajstić information content (AvgIpc) is 3.04. The fourth-order valence-electron chi connectivity index (χ4n) is 5.27. The number of rotatable bonds is 2. The Morgan fingerprint density at radius 1 is 0.692 bits per heavy atom. The van der Waals surface area contributed by atoms with Crippen molar-refractivity contribution in [2.75, 3.05) is 24.7 Å². The number of anilines is 1. The van der Waals surface area contributed by atoms with Crippen molar-refractivity contribution >= 4 is 5.69 Å². The highest BCUT2D eigenvalue weighted by Crippen LogP contribution is 2.30. The molecule has 0 amide bonds. The van der Waals surface area contributed by atoms with Crippen LogP contribution in [0.3, 0.4) is 0 Å². The Hall–Kier alpha value is -1.02. The van der Waals surface area contributed by atoms with Gasteiger partial charge in [0, 0.05) is 24.8 Å². The quantitative estimate of drug-likeness (QED) is 0.608. The van der Waals surface area contributed by atoms with E-state index in [1.165, 1.54) is 106 Å². The summed E-state index contributed by atoms with van der Waals surface area (Å²) in [5, 5.41) is 0. The Morgan fingerprint density at radius 3 is 1.73 bits per heavy atom. The standard InChI is InChI=1S/C24H40N2/c1-20-17-21(2)24(22(3)18-20)26-16-15-25(19-26)23-13-11-9-7-5-4-6-8-10-12-14-23/h17-18,23H,4-16,19H2,1-3H3. The summed E-state index contributed by atoms with van der Waals surface area (Å²) in [6, 6.07) is 5.51. The molecule has 1 aromatic rings. The van der Waals surface area contributed by atoms with Gasteiger partial charge in [0.05, 0.1) is 6.67 Å². The number of hydrogen-bond donors (Lipinski definition) is 0. The minimum atomic E-state index is 0.811. The summed E-state index contributed by atoms with van der Waals surface area (Å²) in [5.74, 6) is 0. The number of benzene rings is 1. The predicted octanol–water partition coefficient (Wildman–Crippen LogP) is 6.36. The zero-order chi connectivity index (χ0) is 18.4. The van der Waals surface area contributed by atoms with Gasteiger partial charge in [-0.25, -0.2) is 0 Å². The maximum atomic E-state index is 2.80. The van der Waals surface area contributed by atoms with Gasteiger partial charge >= 0.3 is 0 Å². The van der Waals surface area contributed by atoms with Crippen LogP contribution in [0.2, 0.25) is 0 Å². The predicted molar refractivity (Wildman–Crippen MR) is 114 cm³/mol. The maximum absolute atomic E-state index is 2.80. The summed E-state index contributed by atoms with van der Waals surface area (Å²) in [7, 11) is 0. The van der Waals surface area contributed by atoms with Gasteiger partial charge < -0.3 is 4.90 Å². The van der Waals surface area contributed by atoms with Gasteiger partial charge in [0.15, 0.2) is 0 Å². The van der Waals surface area contributed by atoms with Crippen molar-refractivity contribution in [1.29, 1.82) is 0 Å². The lowest BCUT2D eigenvalue weighted by Gasteiger charge is -2.30. The van der Waals surface area contributed by atoms with Crippen LogP contribution in [0.5, 0.6) is 0 Å². The van der Waals surface area contributed by atoms with Crippen LogP contribution in [0.4, 0.5) is 5.69 Å². The first-order chi connectivity index (χ1) is 12.6. The number of aryl methyl sites for hydroxylation is 3. The third-order valence-electron chi connectivity index (χ3n) is 6.55. The van der Waals surface area contributed by atoms with Gasteiger partial charge in [0.25, 0.3) is 0 Å². The highest BCUT2D eigenvalue weighted by atomic mass is 15.4. The van der Waals surface area contributed by atoms with Gasteiger partial charge in [0.2, 0.25) is 0 Å². The third kappa shape index (κ3) is 5.25. The Labute approximate surface area is 162 Å². The Balaban J connectivity index is 1.62. The Morgan fingerprint density at radius 2 is 1.19 bits per heavy atom. The van der Waals surface area contributed by atoms with Crippen molar-refractivity contribution in [2.45, 2.75) is 97.4 Å². The van der Waals surface area contributed by atoms with E-state index in [4.69, 9.17) is 0 Å². The van der Waals surface area contributed by atoms with Crippen LogP contribution in [0.15, 0.2) is 12.1 Å². The first kappa shape index (κ1) is 19.7.